The van der Waals surface area contributed by atoms with Crippen molar-refractivity contribution in [3.63, 3.8) is 0 Å². The number of hydrogen-bond donors (Lipinski definition) is 2. The van der Waals surface area contributed by atoms with Crippen LogP contribution in [0.1, 0.15) is 52.9 Å². The maximum absolute atomic E-state index is 9.65. The monoisotopic (exact) mass is 298 g/mol. The van der Waals surface area contributed by atoms with Crippen molar-refractivity contribution in [3.8, 4) is 0 Å². The van der Waals surface area contributed by atoms with Gasteiger partial charge in [-0.05, 0) is 58.4 Å². The first-order chi connectivity index (χ1) is 9.94. The summed E-state index contributed by atoms with van der Waals surface area (Å²) < 4.78 is 5.60. The van der Waals surface area contributed by atoms with Gasteiger partial charge in [0.1, 0.15) is 0 Å². The summed E-state index contributed by atoms with van der Waals surface area (Å²) in [4.78, 5) is 2.54. The SMILES string of the molecule is CC(C)(C)NCC1(CN2CCCCC2CO)CCOCC1. The van der Waals surface area contributed by atoms with E-state index in [-0.39, 0.29) is 5.54 Å². The summed E-state index contributed by atoms with van der Waals surface area (Å²) in [5, 5.41) is 13.4. The average Bonchev–Trinajstić information content (AvgIpc) is 2.46. The van der Waals surface area contributed by atoms with Gasteiger partial charge in [0, 0.05) is 37.9 Å². The second-order valence-corrected chi connectivity index (χ2v) is 8.02. The molecule has 0 aliphatic carbocycles. The van der Waals surface area contributed by atoms with Crippen LogP contribution < -0.4 is 5.32 Å². The fourth-order valence-corrected chi connectivity index (χ4v) is 3.55. The Bertz CT molecular complexity index is 308. The molecule has 0 amide bonds. The Morgan fingerprint density at radius 1 is 1.24 bits per heavy atom. The fraction of sp³-hybridized carbons (Fsp3) is 1.00. The second-order valence-electron chi connectivity index (χ2n) is 8.02. The summed E-state index contributed by atoms with van der Waals surface area (Å²) in [6.45, 7) is 12.1. The molecule has 2 heterocycles. The molecule has 2 aliphatic heterocycles. The van der Waals surface area contributed by atoms with Gasteiger partial charge in [0.05, 0.1) is 6.61 Å². The molecule has 0 saturated carbocycles. The minimum Gasteiger partial charge on any atom is -0.395 e. The maximum atomic E-state index is 9.65. The summed E-state index contributed by atoms with van der Waals surface area (Å²) in [5.74, 6) is 0. The van der Waals surface area contributed by atoms with Gasteiger partial charge in [-0.2, -0.15) is 0 Å². The zero-order chi connectivity index (χ0) is 15.3. The van der Waals surface area contributed by atoms with Crippen LogP contribution in [0.2, 0.25) is 0 Å². The highest BCUT2D eigenvalue weighted by Crippen LogP contribution is 2.33. The lowest BCUT2D eigenvalue weighted by Gasteiger charge is -2.46. The van der Waals surface area contributed by atoms with Crippen LogP contribution >= 0.6 is 0 Å². The Balaban J connectivity index is 2.00. The van der Waals surface area contributed by atoms with Crippen LogP contribution in [0.15, 0.2) is 0 Å². The van der Waals surface area contributed by atoms with E-state index in [1.807, 2.05) is 0 Å². The first-order valence-corrected chi connectivity index (χ1v) is 8.62. The normalized spacial score (nSPS) is 27.7. The van der Waals surface area contributed by atoms with Crippen LogP contribution in [0, 0.1) is 5.41 Å². The number of piperidine rings is 1. The molecule has 1 unspecified atom stereocenters. The van der Waals surface area contributed by atoms with Gasteiger partial charge in [-0.25, -0.2) is 0 Å². The van der Waals surface area contributed by atoms with Crippen LogP contribution in [0.5, 0.6) is 0 Å². The Hall–Kier alpha value is -0.160. The molecule has 0 aromatic heterocycles. The summed E-state index contributed by atoms with van der Waals surface area (Å²) >= 11 is 0. The minimum absolute atomic E-state index is 0.156. The van der Waals surface area contributed by atoms with Crippen LogP contribution in [0.4, 0.5) is 0 Å². The van der Waals surface area contributed by atoms with Gasteiger partial charge in [-0.15, -0.1) is 0 Å². The molecule has 0 radical (unpaired) electrons. The summed E-state index contributed by atoms with van der Waals surface area (Å²) in [5.41, 5.74) is 0.458. The second kappa shape index (κ2) is 7.40. The number of hydrogen-bond acceptors (Lipinski definition) is 4. The number of ether oxygens (including phenoxy) is 1. The highest BCUT2D eigenvalue weighted by Gasteiger charge is 2.37. The zero-order valence-corrected chi connectivity index (χ0v) is 14.2. The zero-order valence-electron chi connectivity index (χ0n) is 14.2. The van der Waals surface area contributed by atoms with Crippen molar-refractivity contribution in [1.29, 1.82) is 0 Å². The molecule has 0 aromatic carbocycles. The van der Waals surface area contributed by atoms with Gasteiger partial charge in [0.2, 0.25) is 0 Å². The Morgan fingerprint density at radius 3 is 2.57 bits per heavy atom. The van der Waals surface area contributed by atoms with E-state index in [2.05, 4.69) is 31.0 Å². The molecule has 2 N–H and O–H groups in total. The van der Waals surface area contributed by atoms with E-state index in [0.29, 0.717) is 18.1 Å². The molecular formula is C17H34N2O2. The lowest BCUT2D eigenvalue weighted by atomic mass is 9.78. The third-order valence-electron chi connectivity index (χ3n) is 5.05. The predicted molar refractivity (Wildman–Crippen MR) is 86.5 cm³/mol. The fourth-order valence-electron chi connectivity index (χ4n) is 3.55. The van der Waals surface area contributed by atoms with E-state index < -0.39 is 0 Å². The van der Waals surface area contributed by atoms with Gasteiger partial charge >= 0.3 is 0 Å². The van der Waals surface area contributed by atoms with Crippen molar-refractivity contribution in [2.45, 2.75) is 64.5 Å². The Labute approximate surface area is 130 Å². The molecule has 2 rings (SSSR count). The molecule has 4 heteroatoms. The van der Waals surface area contributed by atoms with Gasteiger partial charge in [0.25, 0.3) is 0 Å². The molecule has 0 bridgehead atoms. The summed E-state index contributed by atoms with van der Waals surface area (Å²) in [6.07, 6.45) is 5.94. The molecule has 0 aromatic rings. The quantitative estimate of drug-likeness (QED) is 0.815. The first kappa shape index (κ1) is 17.2. The van der Waals surface area contributed by atoms with Crippen molar-refractivity contribution in [2.24, 2.45) is 5.41 Å². The van der Waals surface area contributed by atoms with Crippen molar-refractivity contribution in [2.75, 3.05) is 39.5 Å². The van der Waals surface area contributed by atoms with E-state index in [0.717, 1.165) is 52.1 Å². The molecular weight excluding hydrogens is 264 g/mol. The molecule has 2 aliphatic rings. The third kappa shape index (κ3) is 5.20. The number of aliphatic hydroxyl groups is 1. The van der Waals surface area contributed by atoms with Gasteiger partial charge in [-0.1, -0.05) is 6.42 Å². The van der Waals surface area contributed by atoms with E-state index in [1.54, 1.807) is 0 Å². The largest absolute Gasteiger partial charge is 0.395 e. The lowest BCUT2D eigenvalue weighted by Crippen LogP contribution is -2.54. The standard InChI is InChI=1S/C17H34N2O2/c1-16(2,3)18-13-17(7-10-21-11-8-17)14-19-9-5-4-6-15(19)12-20/h15,18,20H,4-14H2,1-3H3. The Kier molecular flexibility index (Phi) is 6.06. The van der Waals surface area contributed by atoms with Crippen LogP contribution in [-0.2, 0) is 4.74 Å². The summed E-state index contributed by atoms with van der Waals surface area (Å²) in [7, 11) is 0. The predicted octanol–water partition coefficient (Wildman–Crippen LogP) is 2.02. The number of nitrogens with zero attached hydrogens (tertiary/aromatic N) is 1. The van der Waals surface area contributed by atoms with E-state index in [9.17, 15) is 5.11 Å². The summed E-state index contributed by atoms with van der Waals surface area (Å²) in [6, 6.07) is 0.369. The van der Waals surface area contributed by atoms with Crippen molar-refractivity contribution in [1.82, 2.24) is 10.2 Å². The molecule has 21 heavy (non-hydrogen) atoms. The lowest BCUT2D eigenvalue weighted by molar-refractivity contribution is -0.0261. The van der Waals surface area contributed by atoms with Gasteiger partial charge < -0.3 is 15.2 Å². The number of likely N-dealkylation sites (tertiary alicyclic amines) is 1. The number of aliphatic hydroxyl groups excluding tert-OH is 1. The highest BCUT2D eigenvalue weighted by atomic mass is 16.5. The van der Waals surface area contributed by atoms with Crippen LogP contribution in [0.25, 0.3) is 0 Å². The topological polar surface area (TPSA) is 44.7 Å². The van der Waals surface area contributed by atoms with Crippen molar-refractivity contribution >= 4 is 0 Å². The number of nitrogens with one attached hydrogen (secondary N) is 1. The van der Waals surface area contributed by atoms with E-state index in [1.165, 1.54) is 12.8 Å². The third-order valence-corrected chi connectivity index (χ3v) is 5.05. The average molecular weight is 298 g/mol. The molecule has 0 spiro atoms. The minimum atomic E-state index is 0.156. The Morgan fingerprint density at radius 2 is 1.95 bits per heavy atom. The van der Waals surface area contributed by atoms with Crippen molar-refractivity contribution < 1.29 is 9.84 Å². The van der Waals surface area contributed by atoms with E-state index >= 15 is 0 Å². The van der Waals surface area contributed by atoms with Crippen molar-refractivity contribution in [3.05, 3.63) is 0 Å². The van der Waals surface area contributed by atoms with Crippen LogP contribution in [-0.4, -0.2) is 61.0 Å². The molecule has 1 atom stereocenters. The van der Waals surface area contributed by atoms with Gasteiger partial charge in [0.15, 0.2) is 0 Å². The highest BCUT2D eigenvalue weighted by molar-refractivity contribution is 4.91. The molecule has 2 saturated heterocycles. The molecule has 2 fully saturated rings. The number of rotatable bonds is 5. The molecule has 4 nitrogen and oxygen atoms in total. The maximum Gasteiger partial charge on any atom is 0.0586 e. The smallest absolute Gasteiger partial charge is 0.0586 e. The first-order valence-electron chi connectivity index (χ1n) is 8.62. The van der Waals surface area contributed by atoms with E-state index in [4.69, 9.17) is 4.74 Å². The van der Waals surface area contributed by atoms with Gasteiger partial charge in [-0.3, -0.25) is 4.90 Å². The molecule has 124 valence electrons. The van der Waals surface area contributed by atoms with Crippen LogP contribution in [0.3, 0.4) is 0 Å².